The van der Waals surface area contributed by atoms with Crippen molar-refractivity contribution >= 4 is 33.9 Å². The lowest BCUT2D eigenvalue weighted by Gasteiger charge is -2.43. The van der Waals surface area contributed by atoms with Gasteiger partial charge in [-0.2, -0.15) is 0 Å². The number of nitrogens with zero attached hydrogens (tertiary/aromatic N) is 3. The molecule has 5 nitrogen and oxygen atoms in total. The third kappa shape index (κ3) is 3.00. The van der Waals surface area contributed by atoms with E-state index in [9.17, 15) is 4.79 Å². The first-order valence-electron chi connectivity index (χ1n) is 9.28. The molecule has 2 aliphatic rings. The third-order valence-electron chi connectivity index (χ3n) is 5.62. The van der Waals surface area contributed by atoms with Crippen LogP contribution in [0.2, 0.25) is 0 Å². The first-order chi connectivity index (χ1) is 13.2. The number of piperidine rings is 1. The van der Waals surface area contributed by atoms with Gasteiger partial charge in [0.05, 0.1) is 5.52 Å². The van der Waals surface area contributed by atoms with Crippen molar-refractivity contribution in [1.29, 1.82) is 0 Å². The SMILES string of the molecule is O=c1cccc2n1C[C@@H]1C[C@H]2CN(C(=S)Nc2ccc3ncccc3c2)C1. The molecule has 2 aromatic heterocycles. The van der Waals surface area contributed by atoms with E-state index in [1.807, 2.05) is 28.8 Å². The van der Waals surface area contributed by atoms with Gasteiger partial charge in [-0.25, -0.2) is 0 Å². The molecule has 0 unspecified atom stereocenters. The summed E-state index contributed by atoms with van der Waals surface area (Å²) < 4.78 is 1.95. The maximum absolute atomic E-state index is 12.2. The van der Waals surface area contributed by atoms with E-state index in [1.165, 1.54) is 0 Å². The van der Waals surface area contributed by atoms with Gasteiger partial charge in [0.15, 0.2) is 5.11 Å². The minimum atomic E-state index is 0.112. The topological polar surface area (TPSA) is 50.2 Å². The number of likely N-dealkylation sites (tertiary alicyclic amines) is 1. The third-order valence-corrected chi connectivity index (χ3v) is 5.98. The maximum atomic E-state index is 12.2. The van der Waals surface area contributed by atoms with E-state index in [4.69, 9.17) is 12.2 Å². The Morgan fingerprint density at radius 2 is 2.04 bits per heavy atom. The smallest absolute Gasteiger partial charge is 0.250 e. The summed E-state index contributed by atoms with van der Waals surface area (Å²) in [4.78, 5) is 18.8. The Labute approximate surface area is 162 Å². The highest BCUT2D eigenvalue weighted by atomic mass is 32.1. The molecule has 2 aliphatic heterocycles. The number of hydrogen-bond acceptors (Lipinski definition) is 3. The second-order valence-corrected chi connectivity index (χ2v) is 7.83. The van der Waals surface area contributed by atoms with E-state index >= 15 is 0 Å². The second kappa shape index (κ2) is 6.46. The van der Waals surface area contributed by atoms with E-state index in [0.717, 1.165) is 53.5 Å². The van der Waals surface area contributed by atoms with Crippen LogP contribution in [0, 0.1) is 5.92 Å². The molecule has 0 amide bonds. The van der Waals surface area contributed by atoms with Crippen molar-refractivity contribution < 1.29 is 0 Å². The zero-order chi connectivity index (χ0) is 18.4. The lowest BCUT2D eigenvalue weighted by molar-refractivity contribution is 0.180. The molecule has 2 bridgehead atoms. The van der Waals surface area contributed by atoms with Crippen LogP contribution < -0.4 is 10.9 Å². The number of pyridine rings is 2. The number of anilines is 1. The molecule has 5 rings (SSSR count). The molecular weight excluding hydrogens is 356 g/mol. The van der Waals surface area contributed by atoms with E-state index < -0.39 is 0 Å². The van der Waals surface area contributed by atoms with Crippen LogP contribution in [0.5, 0.6) is 0 Å². The van der Waals surface area contributed by atoms with Gasteiger partial charge < -0.3 is 14.8 Å². The Bertz CT molecular complexity index is 1090. The van der Waals surface area contributed by atoms with E-state index in [-0.39, 0.29) is 5.56 Å². The molecule has 1 N–H and O–H groups in total. The molecule has 0 radical (unpaired) electrons. The highest BCUT2D eigenvalue weighted by Crippen LogP contribution is 2.35. The molecule has 0 aliphatic carbocycles. The summed E-state index contributed by atoms with van der Waals surface area (Å²) >= 11 is 5.71. The van der Waals surface area contributed by atoms with Gasteiger partial charge in [0.25, 0.3) is 5.56 Å². The molecular formula is C21H20N4OS. The average Bonchev–Trinajstić information content (AvgIpc) is 2.68. The lowest BCUT2D eigenvalue weighted by Crippen LogP contribution is -2.50. The first kappa shape index (κ1) is 16.4. The largest absolute Gasteiger partial charge is 0.348 e. The minimum absolute atomic E-state index is 0.112. The molecule has 136 valence electrons. The molecule has 0 spiro atoms. The first-order valence-corrected chi connectivity index (χ1v) is 9.69. The quantitative estimate of drug-likeness (QED) is 0.661. The van der Waals surface area contributed by atoms with E-state index in [0.29, 0.717) is 11.8 Å². The summed E-state index contributed by atoms with van der Waals surface area (Å²) in [5, 5.41) is 5.23. The van der Waals surface area contributed by atoms with Gasteiger partial charge in [0.2, 0.25) is 0 Å². The van der Waals surface area contributed by atoms with Crippen molar-refractivity contribution in [3.8, 4) is 0 Å². The number of fused-ring (bicyclic) bond motifs is 5. The highest BCUT2D eigenvalue weighted by molar-refractivity contribution is 7.80. The van der Waals surface area contributed by atoms with Crippen molar-refractivity contribution in [2.45, 2.75) is 18.9 Å². The summed E-state index contributed by atoms with van der Waals surface area (Å²) in [5.74, 6) is 0.809. The van der Waals surface area contributed by atoms with Gasteiger partial charge in [-0.05, 0) is 54.9 Å². The molecule has 3 aromatic rings. The second-order valence-electron chi connectivity index (χ2n) is 7.44. The Balaban J connectivity index is 1.36. The van der Waals surface area contributed by atoms with Gasteiger partial charge in [-0.1, -0.05) is 12.1 Å². The van der Waals surface area contributed by atoms with Crippen molar-refractivity contribution in [2.75, 3.05) is 18.4 Å². The van der Waals surface area contributed by atoms with Gasteiger partial charge >= 0.3 is 0 Å². The van der Waals surface area contributed by atoms with Crippen LogP contribution in [-0.4, -0.2) is 32.7 Å². The molecule has 6 heteroatoms. The van der Waals surface area contributed by atoms with Crippen LogP contribution in [0.25, 0.3) is 10.9 Å². The molecule has 1 saturated heterocycles. The van der Waals surface area contributed by atoms with Crippen molar-refractivity contribution in [1.82, 2.24) is 14.5 Å². The molecule has 1 fully saturated rings. The van der Waals surface area contributed by atoms with Crippen LogP contribution in [0.4, 0.5) is 5.69 Å². The van der Waals surface area contributed by atoms with E-state index in [2.05, 4.69) is 33.4 Å². The Morgan fingerprint density at radius 3 is 2.96 bits per heavy atom. The predicted octanol–water partition coefficient (Wildman–Crippen LogP) is 3.21. The normalized spacial score (nSPS) is 21.0. The number of benzene rings is 1. The van der Waals surface area contributed by atoms with Crippen LogP contribution in [0.3, 0.4) is 0 Å². The Kier molecular flexibility index (Phi) is 3.93. The summed E-state index contributed by atoms with van der Waals surface area (Å²) in [6.45, 7) is 2.52. The number of aromatic nitrogens is 2. The van der Waals surface area contributed by atoms with E-state index in [1.54, 1.807) is 12.3 Å². The highest BCUT2D eigenvalue weighted by Gasteiger charge is 2.35. The molecule has 2 atom stereocenters. The van der Waals surface area contributed by atoms with Crippen LogP contribution >= 0.6 is 12.2 Å². The minimum Gasteiger partial charge on any atom is -0.348 e. The molecule has 1 aromatic carbocycles. The van der Waals surface area contributed by atoms with Crippen molar-refractivity contribution in [3.63, 3.8) is 0 Å². The standard InChI is InChI=1S/C21H20N4OS/c26-20-5-1-4-19-16-9-14(12-25(19)20)11-24(13-16)21(27)23-17-6-7-18-15(10-17)3-2-8-22-18/h1-8,10,14,16H,9,11-13H2,(H,23,27)/t14-,16+/m1/s1. The fourth-order valence-corrected chi connectivity index (χ4v) is 4.69. The van der Waals surface area contributed by atoms with Gasteiger partial charge in [0.1, 0.15) is 0 Å². The van der Waals surface area contributed by atoms with Crippen molar-refractivity contribution in [3.05, 3.63) is 70.8 Å². The zero-order valence-corrected chi connectivity index (χ0v) is 15.7. The van der Waals surface area contributed by atoms with Gasteiger partial charge in [-0.3, -0.25) is 9.78 Å². The molecule has 4 heterocycles. The number of thiocarbonyl (C=S) groups is 1. The molecule has 27 heavy (non-hydrogen) atoms. The summed E-state index contributed by atoms with van der Waals surface area (Å²) in [7, 11) is 0. The maximum Gasteiger partial charge on any atom is 0.250 e. The summed E-state index contributed by atoms with van der Waals surface area (Å²) in [6.07, 6.45) is 2.93. The Hall–Kier alpha value is -2.73. The number of hydrogen-bond donors (Lipinski definition) is 1. The van der Waals surface area contributed by atoms with Gasteiger partial charge in [-0.15, -0.1) is 0 Å². The number of rotatable bonds is 1. The fourth-order valence-electron chi connectivity index (χ4n) is 4.42. The average molecular weight is 376 g/mol. The predicted molar refractivity (Wildman–Crippen MR) is 111 cm³/mol. The van der Waals surface area contributed by atoms with Crippen LogP contribution in [0.15, 0.2) is 59.5 Å². The lowest BCUT2D eigenvalue weighted by atomic mass is 9.83. The summed E-state index contributed by atoms with van der Waals surface area (Å²) in [6, 6.07) is 15.7. The van der Waals surface area contributed by atoms with Crippen LogP contribution in [-0.2, 0) is 6.54 Å². The Morgan fingerprint density at radius 1 is 1.11 bits per heavy atom. The van der Waals surface area contributed by atoms with Crippen molar-refractivity contribution in [2.24, 2.45) is 5.92 Å². The van der Waals surface area contributed by atoms with Gasteiger partial charge in [0, 0.05) is 54.6 Å². The number of nitrogens with one attached hydrogen (secondary N) is 1. The monoisotopic (exact) mass is 376 g/mol. The molecule has 0 saturated carbocycles. The summed E-state index contributed by atoms with van der Waals surface area (Å²) in [5.41, 5.74) is 3.21. The zero-order valence-electron chi connectivity index (χ0n) is 14.8. The fraction of sp³-hybridized carbons (Fsp3) is 0.286. The van der Waals surface area contributed by atoms with Crippen LogP contribution in [0.1, 0.15) is 18.0 Å².